The van der Waals surface area contributed by atoms with Crippen molar-refractivity contribution in [2.24, 2.45) is 0 Å². The van der Waals surface area contributed by atoms with Gasteiger partial charge in [-0.1, -0.05) is 63.1 Å². The van der Waals surface area contributed by atoms with Crippen molar-refractivity contribution < 1.29 is 0 Å². The van der Waals surface area contributed by atoms with E-state index in [4.69, 9.17) is 10.1 Å². The topological polar surface area (TPSA) is 33.4 Å². The van der Waals surface area contributed by atoms with E-state index < -0.39 is 0 Å². The predicted molar refractivity (Wildman–Crippen MR) is 136 cm³/mol. The molecule has 4 nitrogen and oxygen atoms in total. The second-order valence-electron chi connectivity index (χ2n) is 9.83. The Labute approximate surface area is 194 Å². The normalized spacial score (nSPS) is 13.4. The standard InChI is InChI=1S/C28H40N4/c1-7-8-9-10-11-12-13-15-31-16-14-24-22(5)29-27-26(23(6)30-32(27)28(24)31)25-20(3)17-19(2)18-21(25)4/h17-18H,7-16H2,1-6H3. The highest BCUT2D eigenvalue weighted by molar-refractivity contribution is 5.85. The summed E-state index contributed by atoms with van der Waals surface area (Å²) in [4.78, 5) is 7.66. The first-order valence-corrected chi connectivity index (χ1v) is 12.6. The van der Waals surface area contributed by atoms with Gasteiger partial charge in [0.15, 0.2) is 5.65 Å². The van der Waals surface area contributed by atoms with Crippen molar-refractivity contribution in [3.8, 4) is 11.1 Å². The van der Waals surface area contributed by atoms with Gasteiger partial charge in [0.2, 0.25) is 0 Å². The van der Waals surface area contributed by atoms with E-state index in [0.29, 0.717) is 0 Å². The minimum Gasteiger partial charge on any atom is -0.356 e. The molecule has 3 heterocycles. The zero-order chi connectivity index (χ0) is 22.8. The van der Waals surface area contributed by atoms with E-state index in [1.165, 1.54) is 84.1 Å². The summed E-state index contributed by atoms with van der Waals surface area (Å²) < 4.78 is 2.15. The van der Waals surface area contributed by atoms with Crippen molar-refractivity contribution in [1.82, 2.24) is 14.6 Å². The molecule has 0 saturated heterocycles. The molecule has 32 heavy (non-hydrogen) atoms. The number of hydrogen-bond donors (Lipinski definition) is 0. The molecule has 0 unspecified atom stereocenters. The molecule has 0 N–H and O–H groups in total. The lowest BCUT2D eigenvalue weighted by molar-refractivity contribution is 0.584. The molecule has 4 heteroatoms. The molecule has 0 bridgehead atoms. The van der Waals surface area contributed by atoms with Crippen molar-refractivity contribution in [1.29, 1.82) is 0 Å². The summed E-state index contributed by atoms with van der Waals surface area (Å²) in [6.45, 7) is 15.4. The maximum Gasteiger partial charge on any atom is 0.165 e. The number of hydrogen-bond acceptors (Lipinski definition) is 3. The Balaban J connectivity index is 1.65. The number of fused-ring (bicyclic) bond motifs is 3. The SMILES string of the molecule is CCCCCCCCCN1CCc2c(C)nc3c(-c4c(C)cc(C)cc4C)c(C)nn3c21. The Kier molecular flexibility index (Phi) is 6.88. The summed E-state index contributed by atoms with van der Waals surface area (Å²) in [6, 6.07) is 4.55. The van der Waals surface area contributed by atoms with Gasteiger partial charge in [-0.15, -0.1) is 0 Å². The highest BCUT2D eigenvalue weighted by Crippen LogP contribution is 2.38. The van der Waals surface area contributed by atoms with E-state index >= 15 is 0 Å². The van der Waals surface area contributed by atoms with Crippen LogP contribution in [0.25, 0.3) is 16.8 Å². The molecule has 0 spiro atoms. The van der Waals surface area contributed by atoms with Crippen LogP contribution >= 0.6 is 0 Å². The van der Waals surface area contributed by atoms with Gasteiger partial charge in [-0.25, -0.2) is 4.98 Å². The lowest BCUT2D eigenvalue weighted by Crippen LogP contribution is -2.24. The van der Waals surface area contributed by atoms with Gasteiger partial charge in [0.05, 0.1) is 11.3 Å². The Bertz CT molecular complexity index is 1090. The molecular weight excluding hydrogens is 392 g/mol. The summed E-state index contributed by atoms with van der Waals surface area (Å²) in [5.41, 5.74) is 11.1. The third kappa shape index (κ3) is 4.29. The van der Waals surface area contributed by atoms with Crippen LogP contribution in [0.15, 0.2) is 12.1 Å². The second-order valence-corrected chi connectivity index (χ2v) is 9.83. The largest absolute Gasteiger partial charge is 0.356 e. The summed E-state index contributed by atoms with van der Waals surface area (Å²) in [6.07, 6.45) is 10.5. The number of aryl methyl sites for hydroxylation is 5. The zero-order valence-corrected chi connectivity index (χ0v) is 21.0. The van der Waals surface area contributed by atoms with Crippen molar-refractivity contribution in [3.05, 3.63) is 45.8 Å². The molecule has 0 radical (unpaired) electrons. The van der Waals surface area contributed by atoms with Crippen molar-refractivity contribution in [2.75, 3.05) is 18.0 Å². The molecule has 4 rings (SSSR count). The molecule has 1 aliphatic rings. The number of unbranched alkanes of at least 4 members (excludes halogenated alkanes) is 6. The fourth-order valence-electron chi connectivity index (χ4n) is 5.60. The number of aromatic nitrogens is 3. The van der Waals surface area contributed by atoms with E-state index in [0.717, 1.165) is 36.5 Å². The highest BCUT2D eigenvalue weighted by atomic mass is 15.4. The molecule has 1 aromatic carbocycles. The molecule has 1 aliphatic heterocycles. The molecule has 172 valence electrons. The van der Waals surface area contributed by atoms with Crippen LogP contribution in [-0.2, 0) is 6.42 Å². The molecular formula is C28H40N4. The molecule has 0 amide bonds. The summed E-state index contributed by atoms with van der Waals surface area (Å²) >= 11 is 0. The Morgan fingerprint density at radius 1 is 0.812 bits per heavy atom. The maximum atomic E-state index is 5.10. The van der Waals surface area contributed by atoms with Crippen LogP contribution in [0.3, 0.4) is 0 Å². The monoisotopic (exact) mass is 432 g/mol. The van der Waals surface area contributed by atoms with Crippen molar-refractivity contribution in [3.63, 3.8) is 0 Å². The minimum atomic E-state index is 1.01. The number of rotatable bonds is 9. The van der Waals surface area contributed by atoms with Gasteiger partial charge >= 0.3 is 0 Å². The van der Waals surface area contributed by atoms with Crippen molar-refractivity contribution >= 4 is 11.5 Å². The highest BCUT2D eigenvalue weighted by Gasteiger charge is 2.28. The van der Waals surface area contributed by atoms with Crippen LogP contribution in [0.5, 0.6) is 0 Å². The average Bonchev–Trinajstić information content (AvgIpc) is 3.29. The molecule has 2 aromatic heterocycles. The van der Waals surface area contributed by atoms with E-state index in [1.54, 1.807) is 0 Å². The average molecular weight is 433 g/mol. The Morgan fingerprint density at radius 3 is 2.16 bits per heavy atom. The van der Waals surface area contributed by atoms with Crippen LogP contribution in [-0.4, -0.2) is 27.7 Å². The molecule has 3 aromatic rings. The number of anilines is 1. The van der Waals surface area contributed by atoms with Gasteiger partial charge in [0, 0.05) is 24.3 Å². The number of nitrogens with zero attached hydrogens (tertiary/aromatic N) is 4. The zero-order valence-electron chi connectivity index (χ0n) is 21.0. The van der Waals surface area contributed by atoms with Crippen LogP contribution in [0.4, 0.5) is 5.82 Å². The van der Waals surface area contributed by atoms with E-state index in [2.05, 4.69) is 63.1 Å². The lowest BCUT2D eigenvalue weighted by Gasteiger charge is -2.20. The fourth-order valence-corrected chi connectivity index (χ4v) is 5.60. The Hall–Kier alpha value is -2.36. The second kappa shape index (κ2) is 9.64. The third-order valence-corrected chi connectivity index (χ3v) is 7.11. The molecule has 0 saturated carbocycles. The van der Waals surface area contributed by atoms with Crippen LogP contribution < -0.4 is 4.90 Å². The van der Waals surface area contributed by atoms with Crippen molar-refractivity contribution in [2.45, 2.75) is 92.9 Å². The smallest absolute Gasteiger partial charge is 0.165 e. The van der Waals surface area contributed by atoms with E-state index in [-0.39, 0.29) is 0 Å². The maximum absolute atomic E-state index is 5.10. The van der Waals surface area contributed by atoms with Gasteiger partial charge in [0.25, 0.3) is 0 Å². The quantitative estimate of drug-likeness (QED) is 0.340. The fraction of sp³-hybridized carbons (Fsp3) is 0.571. The van der Waals surface area contributed by atoms with Crippen LogP contribution in [0.2, 0.25) is 0 Å². The lowest BCUT2D eigenvalue weighted by atomic mass is 9.94. The minimum absolute atomic E-state index is 1.01. The summed E-state index contributed by atoms with van der Waals surface area (Å²) in [7, 11) is 0. The van der Waals surface area contributed by atoms with Crippen LogP contribution in [0, 0.1) is 34.6 Å². The predicted octanol–water partition coefficient (Wildman–Crippen LogP) is 7.05. The Morgan fingerprint density at radius 2 is 1.47 bits per heavy atom. The summed E-state index contributed by atoms with van der Waals surface area (Å²) in [5.74, 6) is 1.29. The van der Waals surface area contributed by atoms with E-state index in [9.17, 15) is 0 Å². The van der Waals surface area contributed by atoms with Gasteiger partial charge in [-0.3, -0.25) is 0 Å². The first-order valence-electron chi connectivity index (χ1n) is 12.6. The van der Waals surface area contributed by atoms with Gasteiger partial charge < -0.3 is 4.90 Å². The molecule has 0 fully saturated rings. The van der Waals surface area contributed by atoms with Crippen LogP contribution in [0.1, 0.15) is 85.5 Å². The van der Waals surface area contributed by atoms with Gasteiger partial charge in [0.1, 0.15) is 5.82 Å². The van der Waals surface area contributed by atoms with Gasteiger partial charge in [-0.05, 0) is 64.2 Å². The molecule has 0 aliphatic carbocycles. The molecule has 0 atom stereocenters. The number of benzene rings is 1. The van der Waals surface area contributed by atoms with E-state index in [1.807, 2.05) is 0 Å². The van der Waals surface area contributed by atoms with Gasteiger partial charge in [-0.2, -0.15) is 9.61 Å². The third-order valence-electron chi connectivity index (χ3n) is 7.11. The first kappa shape index (κ1) is 22.8. The first-order chi connectivity index (χ1) is 15.4. The summed E-state index contributed by atoms with van der Waals surface area (Å²) in [5, 5.41) is 5.05.